The summed E-state index contributed by atoms with van der Waals surface area (Å²) in [4.78, 5) is 0. The summed E-state index contributed by atoms with van der Waals surface area (Å²) < 4.78 is 0. The van der Waals surface area contributed by atoms with Crippen molar-refractivity contribution >= 4 is 18.9 Å². The van der Waals surface area contributed by atoms with Crippen molar-refractivity contribution < 1.29 is 5.11 Å². The second-order valence-electron chi connectivity index (χ2n) is 2.60. The molecule has 0 aromatic heterocycles. The van der Waals surface area contributed by atoms with Crippen LogP contribution in [0.2, 0.25) is 0 Å². The second-order valence-corrected chi connectivity index (χ2v) is 2.60. The van der Waals surface area contributed by atoms with Crippen molar-refractivity contribution in [3.05, 3.63) is 0 Å². The standard InChI is InChI=1S/C8H18O.Li/c1-3-5-6-8(4-2)7-9;/h8-9H,3-7H2,1-2H3;. The maximum atomic E-state index is 8.75. The van der Waals surface area contributed by atoms with Crippen molar-refractivity contribution in [1.82, 2.24) is 0 Å². The Morgan fingerprint density at radius 1 is 1.30 bits per heavy atom. The number of aliphatic hydroxyl groups excluding tert-OH is 1. The Kier molecular flexibility index (Phi) is 12.6. The molecule has 57 valence electrons. The zero-order valence-electron chi connectivity index (χ0n) is 7.56. The predicted molar refractivity (Wildman–Crippen MR) is 46.1 cm³/mol. The van der Waals surface area contributed by atoms with Gasteiger partial charge in [-0.3, -0.25) is 0 Å². The van der Waals surface area contributed by atoms with Gasteiger partial charge in [-0.2, -0.15) is 0 Å². The molecule has 0 aromatic rings. The third kappa shape index (κ3) is 6.67. The number of hydrogen-bond acceptors (Lipinski definition) is 1. The molecular weight excluding hydrogens is 119 g/mol. The average Bonchev–Trinajstić information content (AvgIpc) is 1.91. The molecule has 0 fully saturated rings. The molecule has 0 saturated carbocycles. The summed E-state index contributed by atoms with van der Waals surface area (Å²) in [5, 5.41) is 8.75. The van der Waals surface area contributed by atoms with E-state index < -0.39 is 0 Å². The van der Waals surface area contributed by atoms with E-state index in [1.807, 2.05) is 0 Å². The van der Waals surface area contributed by atoms with Crippen LogP contribution >= 0.6 is 0 Å². The fourth-order valence-corrected chi connectivity index (χ4v) is 0.917. The molecule has 1 nitrogen and oxygen atoms in total. The fourth-order valence-electron chi connectivity index (χ4n) is 0.917. The summed E-state index contributed by atoms with van der Waals surface area (Å²) in [5.41, 5.74) is 0. The maximum Gasteiger partial charge on any atom is 0.0459 e. The van der Waals surface area contributed by atoms with Crippen molar-refractivity contribution in [1.29, 1.82) is 0 Å². The zero-order chi connectivity index (χ0) is 7.11. The minimum absolute atomic E-state index is 0. The zero-order valence-corrected chi connectivity index (χ0v) is 7.56. The minimum Gasteiger partial charge on any atom is -0.396 e. The Bertz CT molecular complexity index is 53.2. The molecule has 1 atom stereocenters. The van der Waals surface area contributed by atoms with Gasteiger partial charge in [0.2, 0.25) is 0 Å². The molecule has 1 N–H and O–H groups in total. The van der Waals surface area contributed by atoms with E-state index in [-0.39, 0.29) is 18.9 Å². The molecule has 0 spiro atoms. The van der Waals surface area contributed by atoms with Gasteiger partial charge in [0.15, 0.2) is 0 Å². The second kappa shape index (κ2) is 9.56. The first kappa shape index (κ1) is 13.2. The van der Waals surface area contributed by atoms with Crippen molar-refractivity contribution in [2.75, 3.05) is 6.61 Å². The molecule has 0 bridgehead atoms. The van der Waals surface area contributed by atoms with Gasteiger partial charge in [-0.05, 0) is 12.3 Å². The molecule has 0 amide bonds. The van der Waals surface area contributed by atoms with Crippen LogP contribution in [0.25, 0.3) is 0 Å². The third-order valence-corrected chi connectivity index (χ3v) is 1.80. The van der Waals surface area contributed by atoms with Gasteiger partial charge in [0.1, 0.15) is 0 Å². The first-order valence-electron chi connectivity index (χ1n) is 3.96. The molecule has 1 radical (unpaired) electrons. The summed E-state index contributed by atoms with van der Waals surface area (Å²) in [7, 11) is 0. The van der Waals surface area contributed by atoms with Crippen LogP contribution in [0.5, 0.6) is 0 Å². The van der Waals surface area contributed by atoms with E-state index in [0.29, 0.717) is 12.5 Å². The third-order valence-electron chi connectivity index (χ3n) is 1.80. The number of hydrogen-bond donors (Lipinski definition) is 1. The van der Waals surface area contributed by atoms with Gasteiger partial charge in [-0.1, -0.05) is 33.1 Å². The molecule has 2 heteroatoms. The molecular formula is C8H18LiO. The first-order chi connectivity index (χ1) is 4.35. The summed E-state index contributed by atoms with van der Waals surface area (Å²) in [6.45, 7) is 4.69. The maximum absolute atomic E-state index is 8.75. The summed E-state index contributed by atoms with van der Waals surface area (Å²) in [6, 6.07) is 0. The van der Waals surface area contributed by atoms with Crippen LogP contribution in [0.3, 0.4) is 0 Å². The molecule has 0 heterocycles. The molecule has 0 saturated heterocycles. The van der Waals surface area contributed by atoms with Crippen LogP contribution in [0, 0.1) is 5.92 Å². The molecule has 10 heavy (non-hydrogen) atoms. The SMILES string of the molecule is CCCCC(CC)CO.[Li]. The van der Waals surface area contributed by atoms with Crippen molar-refractivity contribution in [3.8, 4) is 0 Å². The van der Waals surface area contributed by atoms with E-state index in [1.165, 1.54) is 19.3 Å². The average molecular weight is 137 g/mol. The van der Waals surface area contributed by atoms with Crippen LogP contribution in [0.1, 0.15) is 39.5 Å². The van der Waals surface area contributed by atoms with E-state index in [9.17, 15) is 0 Å². The van der Waals surface area contributed by atoms with E-state index >= 15 is 0 Å². The van der Waals surface area contributed by atoms with E-state index in [1.54, 1.807) is 0 Å². The predicted octanol–water partition coefficient (Wildman–Crippen LogP) is 1.81. The van der Waals surface area contributed by atoms with Crippen LogP contribution < -0.4 is 0 Å². The Hall–Kier alpha value is 0.557. The van der Waals surface area contributed by atoms with Gasteiger partial charge < -0.3 is 5.11 Å². The van der Waals surface area contributed by atoms with Gasteiger partial charge in [0.25, 0.3) is 0 Å². The molecule has 0 aliphatic carbocycles. The topological polar surface area (TPSA) is 20.2 Å². The Labute approximate surface area is 76.4 Å². The molecule has 0 rings (SSSR count). The first-order valence-corrected chi connectivity index (χ1v) is 3.96. The van der Waals surface area contributed by atoms with E-state index in [2.05, 4.69) is 13.8 Å². The Morgan fingerprint density at radius 3 is 2.20 bits per heavy atom. The Morgan fingerprint density at radius 2 is 1.90 bits per heavy atom. The number of rotatable bonds is 5. The van der Waals surface area contributed by atoms with Crippen LogP contribution in [0.4, 0.5) is 0 Å². The normalized spacial score (nSPS) is 12.3. The minimum atomic E-state index is 0. The smallest absolute Gasteiger partial charge is 0.0459 e. The summed E-state index contributed by atoms with van der Waals surface area (Å²) in [5.74, 6) is 0.560. The van der Waals surface area contributed by atoms with Crippen LogP contribution in [0.15, 0.2) is 0 Å². The number of unbranched alkanes of at least 4 members (excludes halogenated alkanes) is 1. The van der Waals surface area contributed by atoms with Gasteiger partial charge in [0, 0.05) is 25.5 Å². The van der Waals surface area contributed by atoms with Gasteiger partial charge in [-0.25, -0.2) is 0 Å². The largest absolute Gasteiger partial charge is 0.396 e. The number of aliphatic hydroxyl groups is 1. The van der Waals surface area contributed by atoms with Crippen LogP contribution in [-0.4, -0.2) is 30.6 Å². The summed E-state index contributed by atoms with van der Waals surface area (Å²) >= 11 is 0. The fraction of sp³-hybridized carbons (Fsp3) is 1.00. The van der Waals surface area contributed by atoms with Crippen molar-refractivity contribution in [3.63, 3.8) is 0 Å². The van der Waals surface area contributed by atoms with E-state index in [0.717, 1.165) is 6.42 Å². The molecule has 0 aliphatic heterocycles. The van der Waals surface area contributed by atoms with Gasteiger partial charge in [-0.15, -0.1) is 0 Å². The Balaban J connectivity index is 0. The molecule has 1 unspecified atom stereocenters. The van der Waals surface area contributed by atoms with Crippen molar-refractivity contribution in [2.24, 2.45) is 5.92 Å². The summed E-state index contributed by atoms with van der Waals surface area (Å²) in [6.07, 6.45) is 4.83. The van der Waals surface area contributed by atoms with Crippen molar-refractivity contribution in [2.45, 2.75) is 39.5 Å². The van der Waals surface area contributed by atoms with Gasteiger partial charge in [0.05, 0.1) is 0 Å². The monoisotopic (exact) mass is 137 g/mol. The van der Waals surface area contributed by atoms with E-state index in [4.69, 9.17) is 5.11 Å². The quantitative estimate of drug-likeness (QED) is 0.573. The molecule has 0 aromatic carbocycles. The van der Waals surface area contributed by atoms with Gasteiger partial charge >= 0.3 is 0 Å². The van der Waals surface area contributed by atoms with Crippen LogP contribution in [-0.2, 0) is 0 Å². The molecule has 0 aliphatic rings.